The molecule has 0 spiro atoms. The number of hydrogen-bond acceptors (Lipinski definition) is 4. The van der Waals surface area contributed by atoms with E-state index in [1.165, 1.54) is 22.2 Å². The molecule has 0 unspecified atom stereocenters. The number of carbonyl (C=O) groups is 1. The van der Waals surface area contributed by atoms with Crippen LogP contribution in [0.2, 0.25) is 0 Å². The Labute approximate surface area is 114 Å². The number of carbonyl (C=O) groups excluding carboxylic acids is 1. The van der Waals surface area contributed by atoms with Crippen molar-refractivity contribution < 1.29 is 4.79 Å². The Morgan fingerprint density at radius 2 is 2.26 bits per heavy atom. The van der Waals surface area contributed by atoms with Crippen molar-refractivity contribution in [2.45, 2.75) is 39.3 Å². The zero-order valence-corrected chi connectivity index (χ0v) is 11.7. The van der Waals surface area contributed by atoms with Crippen molar-refractivity contribution in [2.75, 3.05) is 0 Å². The molecular formula is C13H15N3O2S. The largest absolute Gasteiger partial charge is 0.352 e. The van der Waals surface area contributed by atoms with E-state index in [1.54, 1.807) is 0 Å². The number of fused-ring (bicyclic) bond motifs is 1. The van der Waals surface area contributed by atoms with Crippen molar-refractivity contribution in [1.82, 2.24) is 14.9 Å². The highest BCUT2D eigenvalue weighted by Crippen LogP contribution is 2.25. The molecule has 1 N–H and O–H groups in total. The van der Waals surface area contributed by atoms with Crippen LogP contribution < -0.4 is 10.9 Å². The van der Waals surface area contributed by atoms with Crippen molar-refractivity contribution in [3.63, 3.8) is 0 Å². The Kier molecular flexibility index (Phi) is 2.89. The number of nitrogens with zero attached hydrogens (tertiary/aromatic N) is 2. The minimum absolute atomic E-state index is 0.0482. The topological polar surface area (TPSA) is 64.0 Å². The third-order valence-electron chi connectivity index (χ3n) is 3.41. The number of aryl methyl sites for hydroxylation is 2. The van der Waals surface area contributed by atoms with E-state index >= 15 is 0 Å². The van der Waals surface area contributed by atoms with E-state index in [2.05, 4.69) is 10.3 Å². The molecule has 1 aliphatic rings. The molecule has 0 aromatic carbocycles. The van der Waals surface area contributed by atoms with Crippen LogP contribution in [0.4, 0.5) is 0 Å². The molecule has 0 atom stereocenters. The fraction of sp³-hybridized carbons (Fsp3) is 0.462. The Morgan fingerprint density at radius 3 is 2.95 bits per heavy atom. The normalized spacial score (nSPS) is 14.8. The van der Waals surface area contributed by atoms with Gasteiger partial charge in [-0.05, 0) is 32.3 Å². The van der Waals surface area contributed by atoms with Gasteiger partial charge in [-0.3, -0.25) is 14.2 Å². The van der Waals surface area contributed by atoms with E-state index in [9.17, 15) is 9.59 Å². The van der Waals surface area contributed by atoms with Crippen molar-refractivity contribution in [3.05, 3.63) is 27.1 Å². The third-order valence-corrected chi connectivity index (χ3v) is 4.53. The van der Waals surface area contributed by atoms with Crippen LogP contribution in [0.3, 0.4) is 0 Å². The first-order chi connectivity index (χ1) is 9.06. The van der Waals surface area contributed by atoms with E-state index in [0.29, 0.717) is 11.4 Å². The van der Waals surface area contributed by atoms with Crippen LogP contribution in [0.5, 0.6) is 0 Å². The highest BCUT2D eigenvalue weighted by atomic mass is 32.1. The first-order valence-electron chi connectivity index (χ1n) is 6.31. The van der Waals surface area contributed by atoms with Gasteiger partial charge in [0.1, 0.15) is 11.4 Å². The maximum absolute atomic E-state index is 12.3. The van der Waals surface area contributed by atoms with Crippen LogP contribution in [0.1, 0.15) is 23.3 Å². The minimum Gasteiger partial charge on any atom is -0.352 e. The predicted molar refractivity (Wildman–Crippen MR) is 74.5 cm³/mol. The summed E-state index contributed by atoms with van der Waals surface area (Å²) in [6.07, 6.45) is 3.55. The van der Waals surface area contributed by atoms with Crippen molar-refractivity contribution in [2.24, 2.45) is 0 Å². The molecule has 2 aromatic rings. The molecule has 1 aliphatic carbocycles. The number of hydrogen-bond donors (Lipinski definition) is 1. The molecule has 0 saturated heterocycles. The van der Waals surface area contributed by atoms with E-state index in [1.807, 2.05) is 13.8 Å². The van der Waals surface area contributed by atoms with Crippen molar-refractivity contribution in [3.8, 4) is 0 Å². The molecule has 1 fully saturated rings. The summed E-state index contributed by atoms with van der Waals surface area (Å²) >= 11 is 1.52. The lowest BCUT2D eigenvalue weighted by Gasteiger charge is -2.06. The van der Waals surface area contributed by atoms with Gasteiger partial charge in [0.25, 0.3) is 5.56 Å². The van der Waals surface area contributed by atoms with Gasteiger partial charge >= 0.3 is 0 Å². The lowest BCUT2D eigenvalue weighted by atomic mass is 10.2. The molecule has 3 rings (SSSR count). The second-order valence-corrected chi connectivity index (χ2v) is 6.19. The third kappa shape index (κ3) is 2.28. The standard InChI is InChI=1S/C13H15N3O2S/c1-7-8(2)19-12-11(7)13(18)16(6-14-12)5-10(17)15-9-3-4-9/h6,9H,3-5H2,1-2H3,(H,15,17). The van der Waals surface area contributed by atoms with Crippen LogP contribution in [0, 0.1) is 13.8 Å². The van der Waals surface area contributed by atoms with E-state index < -0.39 is 0 Å². The van der Waals surface area contributed by atoms with Gasteiger partial charge < -0.3 is 5.32 Å². The molecule has 0 radical (unpaired) electrons. The van der Waals surface area contributed by atoms with E-state index in [-0.39, 0.29) is 18.0 Å². The quantitative estimate of drug-likeness (QED) is 0.921. The molecular weight excluding hydrogens is 262 g/mol. The summed E-state index contributed by atoms with van der Waals surface area (Å²) in [5.74, 6) is -0.115. The molecule has 100 valence electrons. The van der Waals surface area contributed by atoms with Crippen molar-refractivity contribution >= 4 is 27.5 Å². The molecule has 0 aliphatic heterocycles. The Morgan fingerprint density at radius 1 is 1.53 bits per heavy atom. The minimum atomic E-state index is -0.127. The number of thiophene rings is 1. The Bertz CT molecular complexity index is 712. The van der Waals surface area contributed by atoms with Gasteiger partial charge in [-0.15, -0.1) is 11.3 Å². The van der Waals surface area contributed by atoms with Gasteiger partial charge in [0.2, 0.25) is 5.91 Å². The molecule has 1 saturated carbocycles. The maximum Gasteiger partial charge on any atom is 0.262 e. The zero-order valence-electron chi connectivity index (χ0n) is 10.9. The predicted octanol–water partition coefficient (Wildman–Crippen LogP) is 1.35. The van der Waals surface area contributed by atoms with Gasteiger partial charge in [0.15, 0.2) is 0 Å². The maximum atomic E-state index is 12.3. The zero-order chi connectivity index (χ0) is 13.6. The molecule has 2 heterocycles. The number of aromatic nitrogens is 2. The van der Waals surface area contributed by atoms with E-state index in [0.717, 1.165) is 28.1 Å². The summed E-state index contributed by atoms with van der Waals surface area (Å²) < 4.78 is 1.39. The lowest BCUT2D eigenvalue weighted by Crippen LogP contribution is -2.33. The van der Waals surface area contributed by atoms with Crippen LogP contribution in [-0.4, -0.2) is 21.5 Å². The molecule has 19 heavy (non-hydrogen) atoms. The monoisotopic (exact) mass is 277 g/mol. The second kappa shape index (κ2) is 4.45. The molecule has 5 nitrogen and oxygen atoms in total. The first kappa shape index (κ1) is 12.3. The summed E-state index contributed by atoms with van der Waals surface area (Å²) in [6, 6.07) is 0.310. The van der Waals surface area contributed by atoms with Crippen LogP contribution in [0.25, 0.3) is 10.2 Å². The Balaban J connectivity index is 1.95. The summed E-state index contributed by atoms with van der Waals surface area (Å²) in [4.78, 5) is 30.2. The number of amides is 1. The highest BCUT2D eigenvalue weighted by Gasteiger charge is 2.23. The molecule has 0 bridgehead atoms. The fourth-order valence-corrected chi connectivity index (χ4v) is 3.03. The van der Waals surface area contributed by atoms with Gasteiger partial charge in [-0.2, -0.15) is 0 Å². The second-order valence-electron chi connectivity index (χ2n) is 4.98. The molecule has 2 aromatic heterocycles. The summed E-state index contributed by atoms with van der Waals surface area (Å²) in [5, 5.41) is 3.52. The first-order valence-corrected chi connectivity index (χ1v) is 7.12. The average Bonchev–Trinajstić information content (AvgIpc) is 3.11. The smallest absolute Gasteiger partial charge is 0.262 e. The summed E-state index contributed by atoms with van der Waals surface area (Å²) in [7, 11) is 0. The van der Waals surface area contributed by atoms with E-state index in [4.69, 9.17) is 0 Å². The van der Waals surface area contributed by atoms with Gasteiger partial charge in [0.05, 0.1) is 11.7 Å². The Hall–Kier alpha value is -1.69. The van der Waals surface area contributed by atoms with Gasteiger partial charge in [-0.25, -0.2) is 4.98 Å². The van der Waals surface area contributed by atoms with Crippen LogP contribution >= 0.6 is 11.3 Å². The molecule has 6 heteroatoms. The molecule has 1 amide bonds. The number of rotatable bonds is 3. The van der Waals surface area contributed by atoms with Crippen LogP contribution in [0.15, 0.2) is 11.1 Å². The summed E-state index contributed by atoms with van der Waals surface area (Å²) in [6.45, 7) is 3.95. The fourth-order valence-electron chi connectivity index (χ4n) is 2.04. The lowest BCUT2D eigenvalue weighted by molar-refractivity contribution is -0.121. The average molecular weight is 277 g/mol. The SMILES string of the molecule is Cc1sc2ncn(CC(=O)NC3CC3)c(=O)c2c1C. The van der Waals surface area contributed by atoms with Crippen molar-refractivity contribution in [1.29, 1.82) is 0 Å². The highest BCUT2D eigenvalue weighted by molar-refractivity contribution is 7.18. The van der Waals surface area contributed by atoms with Gasteiger partial charge in [0, 0.05) is 10.9 Å². The van der Waals surface area contributed by atoms with Gasteiger partial charge in [-0.1, -0.05) is 0 Å². The number of nitrogens with one attached hydrogen (secondary N) is 1. The summed E-state index contributed by atoms with van der Waals surface area (Å²) in [5.41, 5.74) is 0.840. The van der Waals surface area contributed by atoms with Crippen LogP contribution in [-0.2, 0) is 11.3 Å².